The summed E-state index contributed by atoms with van der Waals surface area (Å²) >= 11 is 0. The molecule has 2 radical (unpaired) electrons. The number of nitrogens with zero attached hydrogens (tertiary/aromatic N) is 3. The van der Waals surface area contributed by atoms with E-state index >= 15 is 0 Å². The lowest BCUT2D eigenvalue weighted by Gasteiger charge is -2.12. The lowest BCUT2D eigenvalue weighted by Crippen LogP contribution is -2.30. The molecule has 8 nitrogen and oxygen atoms in total. The number of para-hydroxylation sites is 1. The molecule has 0 bridgehead atoms. The molecule has 2 heterocycles. The SMILES string of the molecule is [B]c1cccc(NC(=O)NCCCCNc2cc(-c3ccccc3O)nc3c(C=C)cnn23)c1. The van der Waals surface area contributed by atoms with Crippen molar-refractivity contribution in [2.24, 2.45) is 0 Å². The number of phenolic OH excluding ortho intramolecular Hbond substituents is 1. The van der Waals surface area contributed by atoms with Crippen LogP contribution in [0, 0.1) is 0 Å². The Bertz CT molecular complexity index is 1320. The number of hydrogen-bond donors (Lipinski definition) is 4. The van der Waals surface area contributed by atoms with Crippen molar-refractivity contribution in [2.75, 3.05) is 23.7 Å². The van der Waals surface area contributed by atoms with E-state index in [-0.39, 0.29) is 11.8 Å². The predicted octanol–water partition coefficient (Wildman–Crippen LogP) is 3.55. The van der Waals surface area contributed by atoms with Gasteiger partial charge in [-0.05, 0) is 37.1 Å². The number of phenols is 1. The van der Waals surface area contributed by atoms with Crippen LogP contribution < -0.4 is 21.4 Å². The number of rotatable bonds is 9. The molecule has 34 heavy (non-hydrogen) atoms. The lowest BCUT2D eigenvalue weighted by atomic mass is 9.96. The van der Waals surface area contributed by atoms with Crippen molar-refractivity contribution < 1.29 is 9.90 Å². The average molecular weight is 452 g/mol. The molecule has 2 amide bonds. The van der Waals surface area contributed by atoms with Gasteiger partial charge in [0.1, 0.15) is 19.4 Å². The van der Waals surface area contributed by atoms with Gasteiger partial charge >= 0.3 is 6.03 Å². The number of nitrogens with one attached hydrogen (secondary N) is 3. The highest BCUT2D eigenvalue weighted by Crippen LogP contribution is 2.30. The van der Waals surface area contributed by atoms with Crippen molar-refractivity contribution in [1.29, 1.82) is 0 Å². The molecule has 170 valence electrons. The van der Waals surface area contributed by atoms with E-state index in [1.165, 1.54) is 0 Å². The molecule has 0 aliphatic rings. The summed E-state index contributed by atoms with van der Waals surface area (Å²) in [7, 11) is 5.72. The third-order valence-corrected chi connectivity index (χ3v) is 5.24. The van der Waals surface area contributed by atoms with Gasteiger partial charge < -0.3 is 21.1 Å². The van der Waals surface area contributed by atoms with E-state index in [1.807, 2.05) is 18.2 Å². The zero-order valence-corrected chi connectivity index (χ0v) is 18.7. The highest BCUT2D eigenvalue weighted by Gasteiger charge is 2.13. The van der Waals surface area contributed by atoms with Crippen molar-refractivity contribution in [3.63, 3.8) is 0 Å². The maximum atomic E-state index is 12.0. The molecule has 2 aromatic carbocycles. The third kappa shape index (κ3) is 5.37. The number of carbonyl (C=O) groups excluding carboxylic acids is 1. The van der Waals surface area contributed by atoms with E-state index < -0.39 is 0 Å². The van der Waals surface area contributed by atoms with Crippen molar-refractivity contribution in [3.8, 4) is 17.0 Å². The smallest absolute Gasteiger partial charge is 0.319 e. The number of amides is 2. The van der Waals surface area contributed by atoms with Crippen molar-refractivity contribution in [1.82, 2.24) is 19.9 Å². The average Bonchev–Trinajstić information content (AvgIpc) is 3.24. The van der Waals surface area contributed by atoms with Gasteiger partial charge in [0.15, 0.2) is 5.65 Å². The van der Waals surface area contributed by atoms with Crippen LogP contribution in [0.4, 0.5) is 16.3 Å². The number of benzene rings is 2. The monoisotopic (exact) mass is 452 g/mol. The number of aromatic hydroxyl groups is 1. The van der Waals surface area contributed by atoms with Crippen LogP contribution in [-0.2, 0) is 0 Å². The van der Waals surface area contributed by atoms with Crippen LogP contribution in [-0.4, -0.2) is 46.7 Å². The molecule has 4 aromatic rings. The number of urea groups is 1. The van der Waals surface area contributed by atoms with Gasteiger partial charge in [0.2, 0.25) is 0 Å². The van der Waals surface area contributed by atoms with Gasteiger partial charge in [0.25, 0.3) is 0 Å². The zero-order valence-electron chi connectivity index (χ0n) is 18.7. The number of aromatic nitrogens is 3. The van der Waals surface area contributed by atoms with Crippen LogP contribution in [0.1, 0.15) is 18.4 Å². The van der Waals surface area contributed by atoms with Gasteiger partial charge in [0, 0.05) is 36.0 Å². The van der Waals surface area contributed by atoms with Crippen LogP contribution in [0.15, 0.2) is 67.4 Å². The molecule has 0 atom stereocenters. The second kappa shape index (κ2) is 10.6. The number of anilines is 2. The fraction of sp³-hybridized carbons (Fsp3) is 0.160. The van der Waals surface area contributed by atoms with Gasteiger partial charge in [0.05, 0.1) is 11.9 Å². The van der Waals surface area contributed by atoms with Crippen LogP contribution in [0.25, 0.3) is 23.0 Å². The van der Waals surface area contributed by atoms with Crippen molar-refractivity contribution in [2.45, 2.75) is 12.8 Å². The normalized spacial score (nSPS) is 10.7. The fourth-order valence-corrected chi connectivity index (χ4v) is 3.54. The summed E-state index contributed by atoms with van der Waals surface area (Å²) in [5.74, 6) is 0.913. The first kappa shape index (κ1) is 22.9. The highest BCUT2D eigenvalue weighted by atomic mass is 16.3. The molecule has 9 heteroatoms. The molecule has 0 saturated carbocycles. The van der Waals surface area contributed by atoms with E-state index in [2.05, 4.69) is 32.6 Å². The minimum Gasteiger partial charge on any atom is -0.507 e. The van der Waals surface area contributed by atoms with Gasteiger partial charge in [-0.1, -0.05) is 42.4 Å². The van der Waals surface area contributed by atoms with E-state index in [9.17, 15) is 9.90 Å². The Morgan fingerprint density at radius 3 is 2.74 bits per heavy atom. The predicted molar refractivity (Wildman–Crippen MR) is 137 cm³/mol. The second-order valence-corrected chi connectivity index (χ2v) is 7.72. The Balaban J connectivity index is 1.35. The van der Waals surface area contributed by atoms with Crippen molar-refractivity contribution >= 4 is 42.6 Å². The van der Waals surface area contributed by atoms with Crippen LogP contribution >= 0.6 is 0 Å². The van der Waals surface area contributed by atoms with Crippen molar-refractivity contribution in [3.05, 3.63) is 72.9 Å². The third-order valence-electron chi connectivity index (χ3n) is 5.24. The lowest BCUT2D eigenvalue weighted by molar-refractivity contribution is 0.252. The zero-order chi connectivity index (χ0) is 23.9. The first-order valence-corrected chi connectivity index (χ1v) is 11.0. The van der Waals surface area contributed by atoms with Gasteiger partial charge in [-0.15, -0.1) is 0 Å². The topological polar surface area (TPSA) is 104 Å². The molecule has 0 aliphatic carbocycles. The first-order chi connectivity index (χ1) is 16.5. The molecule has 0 spiro atoms. The highest BCUT2D eigenvalue weighted by molar-refractivity contribution is 6.32. The summed E-state index contributed by atoms with van der Waals surface area (Å²) in [4.78, 5) is 16.7. The largest absolute Gasteiger partial charge is 0.507 e. The summed E-state index contributed by atoms with van der Waals surface area (Å²) in [6.45, 7) is 5.04. The maximum absolute atomic E-state index is 12.0. The Morgan fingerprint density at radius 2 is 1.94 bits per heavy atom. The van der Waals surface area contributed by atoms with E-state index in [0.717, 1.165) is 24.2 Å². The molecule has 4 rings (SSSR count). The Labute approximate surface area is 199 Å². The molecule has 0 fully saturated rings. The number of carbonyl (C=O) groups is 1. The van der Waals surface area contributed by atoms with Gasteiger partial charge in [-0.25, -0.2) is 9.78 Å². The Kier molecular flexibility index (Phi) is 7.12. The molecule has 0 unspecified atom stereocenters. The first-order valence-electron chi connectivity index (χ1n) is 11.0. The quantitative estimate of drug-likeness (QED) is 0.230. The Hall–Kier alpha value is -4.27. The van der Waals surface area contributed by atoms with Gasteiger partial charge in [-0.3, -0.25) is 0 Å². The molecular weight excluding hydrogens is 427 g/mol. The Morgan fingerprint density at radius 1 is 1.12 bits per heavy atom. The summed E-state index contributed by atoms with van der Waals surface area (Å²) in [5.41, 5.74) is 3.97. The molecule has 2 aromatic heterocycles. The molecule has 0 saturated heterocycles. The second-order valence-electron chi connectivity index (χ2n) is 7.72. The summed E-state index contributed by atoms with van der Waals surface area (Å²) < 4.78 is 1.72. The minimum absolute atomic E-state index is 0.160. The van der Waals surface area contributed by atoms with E-state index in [4.69, 9.17) is 7.85 Å². The number of unbranched alkanes of at least 4 members (excludes halogenated alkanes) is 1. The van der Waals surface area contributed by atoms with Crippen LogP contribution in [0.2, 0.25) is 0 Å². The summed E-state index contributed by atoms with van der Waals surface area (Å²) in [6.07, 6.45) is 5.02. The number of fused-ring (bicyclic) bond motifs is 1. The fourth-order valence-electron chi connectivity index (χ4n) is 3.54. The minimum atomic E-state index is -0.268. The maximum Gasteiger partial charge on any atom is 0.319 e. The van der Waals surface area contributed by atoms with E-state index in [1.54, 1.807) is 53.2 Å². The standard InChI is InChI=1S/C25H25BN6O2/c1-2-17-16-29-32-23(15-21(31-24(17)32)20-10-3-4-11-22(20)33)27-12-5-6-13-28-25(34)30-19-9-7-8-18(26)14-19/h2-4,7-11,14-16,27,33H,1,5-6,12-13H2,(H2,28,30,34). The molecule has 0 aliphatic heterocycles. The molecular formula is C25H25BN6O2. The number of hydrogen-bond acceptors (Lipinski definition) is 5. The van der Waals surface area contributed by atoms with Crippen LogP contribution in [0.3, 0.4) is 0 Å². The molecule has 4 N–H and O–H groups in total. The summed E-state index contributed by atoms with van der Waals surface area (Å²) in [6, 6.07) is 15.7. The van der Waals surface area contributed by atoms with Gasteiger partial charge in [-0.2, -0.15) is 9.61 Å². The van der Waals surface area contributed by atoms with E-state index in [0.29, 0.717) is 41.1 Å². The van der Waals surface area contributed by atoms with Crippen LogP contribution in [0.5, 0.6) is 5.75 Å². The summed E-state index contributed by atoms with van der Waals surface area (Å²) in [5, 5.41) is 23.7.